The summed E-state index contributed by atoms with van der Waals surface area (Å²) in [7, 11) is 0. The van der Waals surface area contributed by atoms with E-state index in [1.165, 1.54) is 5.01 Å². The molecule has 1 unspecified atom stereocenters. The van der Waals surface area contributed by atoms with Crippen LogP contribution in [0.1, 0.15) is 34.4 Å². The molecule has 17 heavy (non-hydrogen) atoms. The fraction of sp³-hybridized carbons (Fsp3) is 0.500. The molecule has 2 aromatic heterocycles. The third-order valence-electron chi connectivity index (χ3n) is 2.54. The summed E-state index contributed by atoms with van der Waals surface area (Å²) in [5.74, 6) is 0. The summed E-state index contributed by atoms with van der Waals surface area (Å²) in [5, 5.41) is 10.0. The molecule has 0 fully saturated rings. The van der Waals surface area contributed by atoms with Crippen molar-refractivity contribution < 1.29 is 0 Å². The van der Waals surface area contributed by atoms with Crippen molar-refractivity contribution in [2.75, 3.05) is 6.54 Å². The molecule has 0 spiro atoms. The minimum atomic E-state index is 0.320. The van der Waals surface area contributed by atoms with Crippen molar-refractivity contribution in [1.29, 1.82) is 0 Å². The minimum Gasteiger partial charge on any atom is -0.308 e. The summed E-state index contributed by atoms with van der Waals surface area (Å²) in [4.78, 5) is 8.93. The highest BCUT2D eigenvalue weighted by Crippen LogP contribution is 2.15. The van der Waals surface area contributed by atoms with Crippen LogP contribution in [0, 0.1) is 13.8 Å². The molecular weight excluding hydrogens is 250 g/mol. The Bertz CT molecular complexity index is 476. The van der Waals surface area contributed by atoms with Crippen LogP contribution in [0.3, 0.4) is 0 Å². The predicted molar refractivity (Wildman–Crippen MR) is 73.8 cm³/mol. The summed E-state index contributed by atoms with van der Waals surface area (Å²) in [5.41, 5.74) is 2.26. The highest BCUT2D eigenvalue weighted by molar-refractivity contribution is 7.09. The van der Waals surface area contributed by atoms with Gasteiger partial charge in [0.05, 0.1) is 15.7 Å². The Morgan fingerprint density at radius 3 is 2.65 bits per heavy atom. The molecule has 2 rings (SSSR count). The second-order valence-electron chi connectivity index (χ2n) is 4.10. The van der Waals surface area contributed by atoms with E-state index >= 15 is 0 Å². The molecule has 0 saturated heterocycles. The third-order valence-corrected chi connectivity index (χ3v) is 4.35. The molecule has 0 aliphatic carbocycles. The van der Waals surface area contributed by atoms with E-state index in [9.17, 15) is 0 Å². The van der Waals surface area contributed by atoms with E-state index < -0.39 is 0 Å². The average Bonchev–Trinajstić information content (AvgIpc) is 2.88. The molecule has 92 valence electrons. The van der Waals surface area contributed by atoms with Crippen molar-refractivity contribution in [2.45, 2.75) is 33.2 Å². The Morgan fingerprint density at radius 2 is 2.06 bits per heavy atom. The zero-order valence-corrected chi connectivity index (χ0v) is 12.0. The van der Waals surface area contributed by atoms with Gasteiger partial charge in [0.15, 0.2) is 0 Å². The maximum Gasteiger partial charge on any atom is 0.0940 e. The maximum absolute atomic E-state index is 4.48. The van der Waals surface area contributed by atoms with Crippen molar-refractivity contribution in [3.63, 3.8) is 0 Å². The lowest BCUT2D eigenvalue weighted by Gasteiger charge is -2.10. The number of aryl methyl sites for hydroxylation is 2. The Hall–Kier alpha value is -0.780. The van der Waals surface area contributed by atoms with Crippen LogP contribution in [0.5, 0.6) is 0 Å². The van der Waals surface area contributed by atoms with Gasteiger partial charge in [-0.25, -0.2) is 9.97 Å². The van der Waals surface area contributed by atoms with Crippen LogP contribution in [-0.4, -0.2) is 16.5 Å². The van der Waals surface area contributed by atoms with E-state index in [4.69, 9.17) is 0 Å². The summed E-state index contributed by atoms with van der Waals surface area (Å²) in [6.45, 7) is 7.18. The number of aromatic nitrogens is 2. The molecule has 0 aromatic carbocycles. The fourth-order valence-electron chi connectivity index (χ4n) is 1.60. The van der Waals surface area contributed by atoms with E-state index in [0.29, 0.717) is 6.04 Å². The van der Waals surface area contributed by atoms with Crippen molar-refractivity contribution in [3.05, 3.63) is 32.2 Å². The van der Waals surface area contributed by atoms with E-state index in [1.54, 1.807) is 22.7 Å². The zero-order chi connectivity index (χ0) is 12.3. The fourth-order valence-corrected chi connectivity index (χ4v) is 3.08. The first-order valence-electron chi connectivity index (χ1n) is 5.71. The van der Waals surface area contributed by atoms with E-state index in [-0.39, 0.29) is 0 Å². The largest absolute Gasteiger partial charge is 0.308 e. The molecule has 0 aliphatic rings. The molecule has 2 aromatic rings. The van der Waals surface area contributed by atoms with Crippen LogP contribution >= 0.6 is 22.7 Å². The Kier molecular flexibility index (Phi) is 4.25. The Balaban J connectivity index is 1.78. The van der Waals surface area contributed by atoms with Gasteiger partial charge in [-0.3, -0.25) is 0 Å². The van der Waals surface area contributed by atoms with E-state index in [2.05, 4.69) is 33.0 Å². The summed E-state index contributed by atoms with van der Waals surface area (Å²) in [6, 6.07) is 0.320. The number of rotatable bonds is 5. The topological polar surface area (TPSA) is 37.8 Å². The Labute approximate surface area is 110 Å². The van der Waals surface area contributed by atoms with Crippen LogP contribution in [0.25, 0.3) is 0 Å². The van der Waals surface area contributed by atoms with Gasteiger partial charge in [0.25, 0.3) is 0 Å². The first kappa shape index (κ1) is 12.7. The highest BCUT2D eigenvalue weighted by atomic mass is 32.1. The summed E-state index contributed by atoms with van der Waals surface area (Å²) < 4.78 is 0. The lowest BCUT2D eigenvalue weighted by Crippen LogP contribution is -2.21. The molecule has 1 N–H and O–H groups in total. The van der Waals surface area contributed by atoms with Crippen molar-refractivity contribution in [1.82, 2.24) is 15.3 Å². The second kappa shape index (κ2) is 5.71. The molecule has 2 heterocycles. The zero-order valence-electron chi connectivity index (χ0n) is 10.4. The maximum atomic E-state index is 4.48. The first-order valence-corrected chi connectivity index (χ1v) is 7.47. The molecule has 0 aliphatic heterocycles. The van der Waals surface area contributed by atoms with Crippen molar-refractivity contribution in [3.8, 4) is 0 Å². The second-order valence-corrected chi connectivity index (χ2v) is 6.10. The van der Waals surface area contributed by atoms with Crippen LogP contribution in [0.2, 0.25) is 0 Å². The number of hydrogen-bond acceptors (Lipinski definition) is 5. The highest BCUT2D eigenvalue weighted by Gasteiger charge is 2.08. The summed E-state index contributed by atoms with van der Waals surface area (Å²) >= 11 is 3.44. The van der Waals surface area contributed by atoms with Crippen LogP contribution in [-0.2, 0) is 6.42 Å². The van der Waals surface area contributed by atoms with Crippen LogP contribution < -0.4 is 5.32 Å². The predicted octanol–water partition coefficient (Wildman–Crippen LogP) is 3.11. The van der Waals surface area contributed by atoms with Gasteiger partial charge in [-0.15, -0.1) is 22.7 Å². The smallest absolute Gasteiger partial charge is 0.0940 e. The lowest BCUT2D eigenvalue weighted by atomic mass is 10.2. The summed E-state index contributed by atoms with van der Waals surface area (Å²) in [6.07, 6.45) is 0.992. The van der Waals surface area contributed by atoms with Crippen LogP contribution in [0.15, 0.2) is 10.8 Å². The van der Waals surface area contributed by atoms with E-state index in [0.717, 1.165) is 29.4 Å². The van der Waals surface area contributed by atoms with E-state index in [1.807, 2.05) is 13.8 Å². The number of nitrogens with zero attached hydrogens (tertiary/aromatic N) is 2. The molecular formula is C12H17N3S2. The molecule has 0 amide bonds. The Morgan fingerprint density at radius 1 is 1.24 bits per heavy atom. The minimum absolute atomic E-state index is 0.320. The molecule has 5 heteroatoms. The standard InChI is InChI=1S/C12H17N3S2/c1-8-6-17-12(14-8)4-5-13-9(2)11-7-16-10(3)15-11/h6-7,9,13H,4-5H2,1-3H3. The van der Waals surface area contributed by atoms with Crippen LogP contribution in [0.4, 0.5) is 0 Å². The number of nitrogens with one attached hydrogen (secondary N) is 1. The SMILES string of the molecule is Cc1csc(CCNC(C)c2csc(C)n2)n1. The van der Waals surface area contributed by atoms with Gasteiger partial charge in [0.1, 0.15) is 0 Å². The molecule has 1 atom stereocenters. The van der Waals surface area contributed by atoms with Crippen molar-refractivity contribution in [2.24, 2.45) is 0 Å². The normalized spacial score (nSPS) is 12.9. The van der Waals surface area contributed by atoms with Gasteiger partial charge in [0.2, 0.25) is 0 Å². The average molecular weight is 267 g/mol. The quantitative estimate of drug-likeness (QED) is 0.904. The van der Waals surface area contributed by atoms with Gasteiger partial charge in [-0.2, -0.15) is 0 Å². The van der Waals surface area contributed by atoms with Gasteiger partial charge in [-0.1, -0.05) is 0 Å². The third kappa shape index (κ3) is 3.59. The van der Waals surface area contributed by atoms with Crippen molar-refractivity contribution >= 4 is 22.7 Å². The van der Waals surface area contributed by atoms with Gasteiger partial charge >= 0.3 is 0 Å². The lowest BCUT2D eigenvalue weighted by molar-refractivity contribution is 0.565. The first-order chi connectivity index (χ1) is 8.15. The molecule has 3 nitrogen and oxygen atoms in total. The number of thiazole rings is 2. The van der Waals surface area contributed by atoms with Gasteiger partial charge in [0, 0.05) is 35.5 Å². The molecule has 0 saturated carbocycles. The molecule has 0 bridgehead atoms. The monoisotopic (exact) mass is 267 g/mol. The molecule has 0 radical (unpaired) electrons. The van der Waals surface area contributed by atoms with Gasteiger partial charge in [-0.05, 0) is 20.8 Å². The number of hydrogen-bond donors (Lipinski definition) is 1. The van der Waals surface area contributed by atoms with Gasteiger partial charge < -0.3 is 5.32 Å².